The van der Waals surface area contributed by atoms with E-state index < -0.39 is 118 Å². The Morgan fingerprint density at radius 3 is 1.40 bits per heavy atom. The van der Waals surface area contributed by atoms with Crippen LogP contribution in [-0.2, 0) is 57.0 Å². The molecule has 15 atom stereocenters. The van der Waals surface area contributed by atoms with Gasteiger partial charge in [0.1, 0.15) is 73.2 Å². The van der Waals surface area contributed by atoms with Crippen molar-refractivity contribution < 1.29 is 97.9 Å². The number of aliphatic carboxylic acids is 1. The Balaban J connectivity index is 1.66. The highest BCUT2D eigenvalue weighted by molar-refractivity contribution is 5.75. The van der Waals surface area contributed by atoms with Crippen molar-refractivity contribution in [1.29, 1.82) is 0 Å². The zero-order valence-corrected chi connectivity index (χ0v) is 36.4. The molecule has 0 bridgehead atoms. The van der Waals surface area contributed by atoms with Crippen LogP contribution in [0.1, 0.15) is 77.0 Å². The van der Waals surface area contributed by atoms with Crippen molar-refractivity contribution in [2.24, 2.45) is 5.73 Å². The number of amides is 2. The molecule has 23 heteroatoms. The molecule has 2 amide bonds. The van der Waals surface area contributed by atoms with Crippen molar-refractivity contribution in [2.45, 2.75) is 169 Å². The van der Waals surface area contributed by atoms with Gasteiger partial charge in [-0.15, -0.1) is 0 Å². The molecule has 0 aliphatic carbocycles. The average molecular weight is 916 g/mol. The van der Waals surface area contributed by atoms with Gasteiger partial charge in [0.25, 0.3) is 0 Å². The number of nitrogens with one attached hydrogen (secondary N) is 2. The Morgan fingerprint density at radius 2 is 0.968 bits per heavy atom. The highest BCUT2D eigenvalue weighted by Gasteiger charge is 2.50. The molecule has 368 valence electrons. The Morgan fingerprint density at radius 1 is 0.556 bits per heavy atom. The molecule has 3 saturated heterocycles. The first kappa shape index (κ1) is 55.1. The fourth-order valence-electron chi connectivity index (χ4n) is 7.37. The van der Waals surface area contributed by atoms with E-state index in [-0.39, 0.29) is 38.1 Å². The Hall–Kier alpha value is -2.27. The van der Waals surface area contributed by atoms with Gasteiger partial charge < -0.3 is 99.9 Å². The van der Waals surface area contributed by atoms with E-state index in [4.69, 9.17) is 53.5 Å². The zero-order valence-electron chi connectivity index (χ0n) is 36.4. The maximum atomic E-state index is 11.8. The van der Waals surface area contributed by atoms with Crippen molar-refractivity contribution >= 4 is 17.8 Å². The van der Waals surface area contributed by atoms with Crippen LogP contribution in [0, 0.1) is 0 Å². The molecule has 0 radical (unpaired) electrons. The normalized spacial score (nSPS) is 33.5. The summed E-state index contributed by atoms with van der Waals surface area (Å²) in [6, 6.07) is 0. The summed E-state index contributed by atoms with van der Waals surface area (Å²) >= 11 is 0. The lowest BCUT2D eigenvalue weighted by atomic mass is 9.97. The molecule has 0 unspecified atom stereocenters. The molecule has 0 aromatic rings. The molecule has 12 N–H and O–H groups in total. The molecule has 0 saturated carbocycles. The monoisotopic (exact) mass is 915 g/mol. The van der Waals surface area contributed by atoms with Crippen molar-refractivity contribution in [1.82, 2.24) is 10.6 Å². The van der Waals surface area contributed by atoms with Crippen LogP contribution in [0.3, 0.4) is 0 Å². The van der Waals surface area contributed by atoms with E-state index in [0.29, 0.717) is 83.7 Å². The predicted octanol–water partition coefficient (Wildman–Crippen LogP) is -3.26. The number of unbranched alkanes of at least 4 members (excludes halogenated alkanes) is 6. The molecule has 63 heavy (non-hydrogen) atoms. The molecule has 0 aromatic carbocycles. The second-order valence-corrected chi connectivity index (χ2v) is 15.8. The first-order chi connectivity index (χ1) is 30.3. The number of rotatable bonds is 31. The highest BCUT2D eigenvalue weighted by Crippen LogP contribution is 2.31. The second kappa shape index (κ2) is 30.1. The summed E-state index contributed by atoms with van der Waals surface area (Å²) < 4.78 is 52.4. The van der Waals surface area contributed by atoms with Crippen LogP contribution < -0.4 is 16.4 Å². The van der Waals surface area contributed by atoms with Crippen molar-refractivity contribution in [3.63, 3.8) is 0 Å². The van der Waals surface area contributed by atoms with Gasteiger partial charge in [0.05, 0.1) is 19.8 Å². The Kier molecular flexibility index (Phi) is 26.3. The van der Waals surface area contributed by atoms with Gasteiger partial charge in [-0.2, -0.15) is 0 Å². The lowest BCUT2D eigenvalue weighted by Crippen LogP contribution is -2.63. The standard InChI is InChI=1S/C40H73N3O20/c1-42-26(45)12-6-3-9-18-58-37-25(22-59-39-33(53)30(50)35(23(20-44)61-39)56-17-10-4-7-13-27(46)43-16-15-41)63-40(34(54)31(37)51)60-21-24-36(29(49)32(52)38(55-2)62-24)57-19-11-5-8-14-28(47)48/h23-25,29-40,44,49-54H,3-22,41H2,1-2H3,(H,42,45)(H,43,46)(H,47,48)/t23-,24-,25-,29-,30-,31-,32-,33-,34-,35-,36-,37-,38+,39+,40+/m1/s1. The molecule has 3 fully saturated rings. The average Bonchev–Trinajstić information content (AvgIpc) is 3.27. The fourth-order valence-corrected chi connectivity index (χ4v) is 7.37. The molecule has 3 aliphatic heterocycles. The maximum Gasteiger partial charge on any atom is 0.303 e. The third kappa shape index (κ3) is 18.1. The van der Waals surface area contributed by atoms with Crippen LogP contribution in [0.5, 0.6) is 0 Å². The quantitative estimate of drug-likeness (QED) is 0.0304. The number of hydrogen-bond donors (Lipinski definition) is 11. The summed E-state index contributed by atoms with van der Waals surface area (Å²) in [5, 5.41) is 90.5. The van der Waals surface area contributed by atoms with E-state index in [1.165, 1.54) is 7.11 Å². The number of aliphatic hydroxyl groups is 7. The van der Waals surface area contributed by atoms with Gasteiger partial charge in [-0.05, 0) is 38.5 Å². The third-order valence-corrected chi connectivity index (χ3v) is 11.0. The number of methoxy groups -OCH3 is 1. The first-order valence-electron chi connectivity index (χ1n) is 21.9. The lowest BCUT2D eigenvalue weighted by molar-refractivity contribution is -0.346. The maximum absolute atomic E-state index is 11.8. The SMILES string of the molecule is CNC(=O)CCCCCO[C@H]1[C@H](O)[C@@H](O)[C@@H](OC[C@H]2O[C@H](OC)[C@H](O)[C@@H](O)[C@@H]2OCCCCCC(=O)O)O[C@@H]1CO[C@H]1O[C@H](CO)[C@@H](OCCCCCC(=O)NCCN)[C@H](O)[C@H]1O. The van der Waals surface area contributed by atoms with E-state index in [2.05, 4.69) is 10.6 Å². The van der Waals surface area contributed by atoms with Crippen LogP contribution in [0.4, 0.5) is 0 Å². The molecular weight excluding hydrogens is 842 g/mol. The number of carbonyl (C=O) groups is 3. The number of carboxylic acids is 1. The molecule has 3 aliphatic rings. The third-order valence-electron chi connectivity index (χ3n) is 11.0. The van der Waals surface area contributed by atoms with Gasteiger partial charge in [0.15, 0.2) is 18.9 Å². The summed E-state index contributed by atoms with van der Waals surface area (Å²) in [6.07, 6.45) is -15.3. The molecule has 0 spiro atoms. The number of hydrogen-bond acceptors (Lipinski definition) is 20. The minimum atomic E-state index is -1.70. The minimum Gasteiger partial charge on any atom is -0.481 e. The van der Waals surface area contributed by atoms with Crippen molar-refractivity contribution in [3.8, 4) is 0 Å². The van der Waals surface area contributed by atoms with Crippen LogP contribution in [0.2, 0.25) is 0 Å². The van der Waals surface area contributed by atoms with Crippen LogP contribution >= 0.6 is 0 Å². The summed E-state index contributed by atoms with van der Waals surface area (Å²) in [5.74, 6) is -1.14. The molecule has 23 nitrogen and oxygen atoms in total. The fraction of sp³-hybridized carbons (Fsp3) is 0.925. The van der Waals surface area contributed by atoms with E-state index in [1.807, 2.05) is 0 Å². The summed E-state index contributed by atoms with van der Waals surface area (Å²) in [6.45, 7) is -0.403. The number of ether oxygens (including phenoxy) is 9. The Labute approximate surface area is 367 Å². The van der Waals surface area contributed by atoms with Gasteiger partial charge in [0.2, 0.25) is 11.8 Å². The van der Waals surface area contributed by atoms with Crippen LogP contribution in [0.25, 0.3) is 0 Å². The van der Waals surface area contributed by atoms with E-state index in [0.717, 1.165) is 0 Å². The van der Waals surface area contributed by atoms with E-state index in [1.54, 1.807) is 7.05 Å². The number of nitrogens with two attached hydrogens (primary N) is 1. The van der Waals surface area contributed by atoms with Gasteiger partial charge in [0, 0.05) is 66.3 Å². The Bertz CT molecular complexity index is 1290. The molecule has 3 rings (SSSR count). The van der Waals surface area contributed by atoms with Crippen LogP contribution in [0.15, 0.2) is 0 Å². The van der Waals surface area contributed by atoms with Gasteiger partial charge >= 0.3 is 5.97 Å². The van der Waals surface area contributed by atoms with E-state index in [9.17, 15) is 50.1 Å². The smallest absolute Gasteiger partial charge is 0.303 e. The first-order valence-corrected chi connectivity index (χ1v) is 21.9. The van der Waals surface area contributed by atoms with Gasteiger partial charge in [-0.1, -0.05) is 19.3 Å². The predicted molar refractivity (Wildman–Crippen MR) is 216 cm³/mol. The largest absolute Gasteiger partial charge is 0.481 e. The van der Waals surface area contributed by atoms with Gasteiger partial charge in [-0.25, -0.2) is 0 Å². The topological polar surface area (TPSA) is 346 Å². The van der Waals surface area contributed by atoms with Crippen LogP contribution in [-0.4, -0.2) is 218 Å². The lowest BCUT2D eigenvalue weighted by Gasteiger charge is -2.45. The summed E-state index contributed by atoms with van der Waals surface area (Å²) in [5.41, 5.74) is 5.40. The molecule has 0 aromatic heterocycles. The van der Waals surface area contributed by atoms with E-state index >= 15 is 0 Å². The second-order valence-electron chi connectivity index (χ2n) is 15.8. The van der Waals surface area contributed by atoms with Crippen molar-refractivity contribution in [2.75, 3.05) is 66.9 Å². The molecule has 3 heterocycles. The number of carboxylic acid groups (broad SMARTS) is 1. The van der Waals surface area contributed by atoms with Gasteiger partial charge in [-0.3, -0.25) is 14.4 Å². The number of aliphatic hydroxyl groups excluding tert-OH is 7. The number of carbonyl (C=O) groups excluding carboxylic acids is 2. The summed E-state index contributed by atoms with van der Waals surface area (Å²) in [7, 11) is 2.81. The minimum absolute atomic E-state index is 0.0106. The van der Waals surface area contributed by atoms with Crippen molar-refractivity contribution in [3.05, 3.63) is 0 Å². The highest BCUT2D eigenvalue weighted by atomic mass is 16.7. The molecular formula is C40H73N3O20. The summed E-state index contributed by atoms with van der Waals surface area (Å²) in [4.78, 5) is 34.3. The zero-order chi connectivity index (χ0) is 46.3.